The number of fused-ring (bicyclic) bond motifs is 1. The van der Waals surface area contributed by atoms with Gasteiger partial charge in [0.05, 0.1) is 40.2 Å². The van der Waals surface area contributed by atoms with Crippen LogP contribution in [0.2, 0.25) is 5.02 Å². The van der Waals surface area contributed by atoms with Crippen LogP contribution in [0, 0.1) is 11.8 Å². The second-order valence-corrected chi connectivity index (χ2v) is 13.0. The van der Waals surface area contributed by atoms with Crippen molar-refractivity contribution in [3.8, 4) is 11.3 Å². The van der Waals surface area contributed by atoms with E-state index in [2.05, 4.69) is 20.7 Å². The van der Waals surface area contributed by atoms with Gasteiger partial charge in [0, 0.05) is 69.4 Å². The molecule has 2 aliphatic heterocycles. The van der Waals surface area contributed by atoms with E-state index in [1.165, 1.54) is 30.1 Å². The molecule has 3 unspecified atom stereocenters. The van der Waals surface area contributed by atoms with Gasteiger partial charge in [-0.3, -0.25) is 14.3 Å². The normalized spacial score (nSPS) is 27.1. The van der Waals surface area contributed by atoms with Gasteiger partial charge < -0.3 is 35.8 Å². The number of amides is 4. The van der Waals surface area contributed by atoms with Crippen LogP contribution in [-0.2, 0) is 13.2 Å². The van der Waals surface area contributed by atoms with Crippen LogP contribution in [0.25, 0.3) is 11.3 Å². The van der Waals surface area contributed by atoms with E-state index in [9.17, 15) is 41.4 Å². The fourth-order valence-electron chi connectivity index (χ4n) is 6.97. The molecule has 48 heavy (non-hydrogen) atoms. The number of imidazole rings is 1. The third-order valence-electron chi connectivity index (χ3n) is 9.56. The number of carbonyl (C=O) groups excluding carboxylic acids is 3. The Labute approximate surface area is 273 Å². The first-order chi connectivity index (χ1) is 22.6. The van der Waals surface area contributed by atoms with Gasteiger partial charge in [0.25, 0.3) is 17.7 Å². The van der Waals surface area contributed by atoms with E-state index in [0.717, 1.165) is 17.0 Å². The number of aliphatic hydroxyl groups excluding tert-OH is 1. The fourth-order valence-corrected chi connectivity index (χ4v) is 7.23. The summed E-state index contributed by atoms with van der Waals surface area (Å²) >= 11 is 6.44. The highest BCUT2D eigenvalue weighted by atomic mass is 35.5. The molecule has 256 valence electrons. The number of benzene rings is 1. The van der Waals surface area contributed by atoms with Gasteiger partial charge in [0.1, 0.15) is 6.04 Å². The van der Waals surface area contributed by atoms with E-state index >= 15 is 0 Å². The van der Waals surface area contributed by atoms with Gasteiger partial charge in [-0.15, -0.1) is 0 Å². The maximum Gasteiger partial charge on any atom is 0.435 e. The van der Waals surface area contributed by atoms with E-state index in [4.69, 9.17) is 17.3 Å². The van der Waals surface area contributed by atoms with Crippen LogP contribution in [0.15, 0.2) is 30.6 Å². The molecule has 2 saturated heterocycles. The van der Waals surface area contributed by atoms with Gasteiger partial charge in [0.2, 0.25) is 0 Å². The standard InChI is InChI=1S/C29H29ClF5N9O4/c1-41-18(16-11-43(21-5-28(21,31)32)40-23(16)29(33,34)35)7-38-24(41)25(46)39-12-2-3-13(17(30)4-12)26(47)42-9-14-15(10-42)22(14)44(27(36)48)19-6-37-8-20(19)45/h2-4,7,11,14-15,19-22,37,45H,5-6,8-10H2,1H3,(H2,36,48)(H,39,46)/t14?,15?,19-,20-,21?,22?/m0/s1. The van der Waals surface area contributed by atoms with Crippen molar-refractivity contribution in [2.24, 2.45) is 24.6 Å². The zero-order valence-electron chi connectivity index (χ0n) is 25.1. The summed E-state index contributed by atoms with van der Waals surface area (Å²) in [5.74, 6) is -4.59. The number of rotatable bonds is 7. The molecule has 4 aliphatic rings. The summed E-state index contributed by atoms with van der Waals surface area (Å²) in [4.78, 5) is 45.7. The molecule has 0 bridgehead atoms. The van der Waals surface area contributed by atoms with Crippen molar-refractivity contribution < 1.29 is 41.4 Å². The summed E-state index contributed by atoms with van der Waals surface area (Å²) < 4.78 is 70.1. The summed E-state index contributed by atoms with van der Waals surface area (Å²) in [6.45, 7) is 1.52. The van der Waals surface area contributed by atoms with Crippen molar-refractivity contribution >= 4 is 35.1 Å². The van der Waals surface area contributed by atoms with Crippen molar-refractivity contribution in [2.75, 3.05) is 31.5 Å². The van der Waals surface area contributed by atoms with E-state index in [0.29, 0.717) is 30.9 Å². The highest BCUT2D eigenvalue weighted by Gasteiger charge is 2.62. The van der Waals surface area contributed by atoms with E-state index < -0.39 is 59.9 Å². The summed E-state index contributed by atoms with van der Waals surface area (Å²) in [6, 6.07) is 1.50. The van der Waals surface area contributed by atoms with Crippen LogP contribution in [0.3, 0.4) is 0 Å². The minimum absolute atomic E-state index is 0.00506. The van der Waals surface area contributed by atoms with Crippen molar-refractivity contribution in [2.45, 2.75) is 42.7 Å². The Balaban J connectivity index is 1.02. The van der Waals surface area contributed by atoms with E-state index in [-0.39, 0.29) is 51.6 Å². The molecule has 4 fully saturated rings. The smallest absolute Gasteiger partial charge is 0.390 e. The lowest BCUT2D eigenvalue weighted by molar-refractivity contribution is -0.141. The summed E-state index contributed by atoms with van der Waals surface area (Å²) in [7, 11) is 1.30. The molecular formula is C29H29ClF5N9O4. The Morgan fingerprint density at radius 3 is 2.44 bits per heavy atom. The summed E-state index contributed by atoms with van der Waals surface area (Å²) in [5, 5.41) is 19.3. The molecule has 4 amide bonds. The lowest BCUT2D eigenvalue weighted by atomic mass is 10.1. The number of nitrogens with two attached hydrogens (primary N) is 1. The van der Waals surface area contributed by atoms with Crippen molar-refractivity contribution in [3.63, 3.8) is 0 Å². The van der Waals surface area contributed by atoms with Crippen molar-refractivity contribution in [1.29, 1.82) is 0 Å². The van der Waals surface area contributed by atoms with Gasteiger partial charge >= 0.3 is 12.2 Å². The maximum atomic E-state index is 13.8. The molecule has 3 aromatic rings. The van der Waals surface area contributed by atoms with Crippen LogP contribution in [0.4, 0.5) is 32.4 Å². The average Bonchev–Trinajstić information content (AvgIpc) is 3.45. The predicted octanol–water partition coefficient (Wildman–Crippen LogP) is 2.57. The third kappa shape index (κ3) is 5.44. The quantitative estimate of drug-likeness (QED) is 0.276. The molecule has 2 aliphatic carbocycles. The monoisotopic (exact) mass is 697 g/mol. The summed E-state index contributed by atoms with van der Waals surface area (Å²) in [5.41, 5.74) is 3.94. The SMILES string of the molecule is Cn1c(-c2cn(C3CC3(F)F)nc2C(F)(F)F)cnc1C(=O)Nc1ccc(C(=O)N2CC3C(C2)C3N(C(N)=O)[C@H]2CNC[C@@H]2O)c(Cl)c1. The van der Waals surface area contributed by atoms with Crippen LogP contribution in [0.5, 0.6) is 0 Å². The molecule has 7 rings (SSSR count). The van der Waals surface area contributed by atoms with Gasteiger partial charge in [0.15, 0.2) is 11.5 Å². The predicted molar refractivity (Wildman–Crippen MR) is 158 cm³/mol. The molecule has 0 spiro atoms. The molecule has 0 radical (unpaired) electrons. The molecule has 19 heteroatoms. The number of hydrogen-bond acceptors (Lipinski definition) is 7. The molecular weight excluding hydrogens is 669 g/mol. The molecule has 4 heterocycles. The first-order valence-electron chi connectivity index (χ1n) is 15.0. The molecule has 5 N–H and O–H groups in total. The van der Waals surface area contributed by atoms with Gasteiger partial charge in [-0.05, 0) is 18.2 Å². The number of alkyl halides is 5. The maximum absolute atomic E-state index is 13.8. The van der Waals surface area contributed by atoms with E-state index in [1.807, 2.05) is 0 Å². The number of nitrogens with one attached hydrogen (secondary N) is 2. The molecule has 1 aromatic carbocycles. The number of β-amino-alcohol motifs (C(OH)–C–C–N with tert-alkyl or cyclic N) is 1. The number of halogens is 6. The van der Waals surface area contributed by atoms with Gasteiger partial charge in [-0.1, -0.05) is 11.6 Å². The number of anilines is 1. The topological polar surface area (TPSA) is 164 Å². The number of aliphatic hydroxyl groups is 1. The zero-order chi connectivity index (χ0) is 34.4. The molecule has 2 aromatic heterocycles. The first-order valence-corrected chi connectivity index (χ1v) is 15.4. The highest BCUT2D eigenvalue weighted by Crippen LogP contribution is 2.53. The van der Waals surface area contributed by atoms with Crippen molar-refractivity contribution in [1.82, 2.24) is 34.4 Å². The number of likely N-dealkylation sites (tertiary alicyclic amines) is 1. The summed E-state index contributed by atoms with van der Waals surface area (Å²) in [6.07, 6.45) is -4.42. The fraction of sp³-hybridized carbons (Fsp3) is 0.483. The van der Waals surface area contributed by atoms with E-state index in [1.54, 1.807) is 4.90 Å². The number of aromatic nitrogens is 4. The number of carbonyl (C=O) groups is 3. The van der Waals surface area contributed by atoms with Crippen LogP contribution < -0.4 is 16.4 Å². The minimum Gasteiger partial charge on any atom is -0.390 e. The van der Waals surface area contributed by atoms with Crippen molar-refractivity contribution in [3.05, 3.63) is 52.7 Å². The third-order valence-corrected chi connectivity index (χ3v) is 9.87. The Morgan fingerprint density at radius 2 is 1.88 bits per heavy atom. The zero-order valence-corrected chi connectivity index (χ0v) is 25.8. The molecule has 2 saturated carbocycles. The Bertz CT molecular complexity index is 1820. The van der Waals surface area contributed by atoms with Crippen LogP contribution in [0.1, 0.15) is 39.1 Å². The Morgan fingerprint density at radius 1 is 1.19 bits per heavy atom. The van der Waals surface area contributed by atoms with Crippen LogP contribution >= 0.6 is 11.6 Å². The Hall–Kier alpha value is -4.29. The number of nitrogens with zero attached hydrogens (tertiary/aromatic N) is 6. The second kappa shape index (κ2) is 11.1. The van der Waals surface area contributed by atoms with Crippen LogP contribution in [-0.4, -0.2) is 102 Å². The van der Waals surface area contributed by atoms with Gasteiger partial charge in [-0.25, -0.2) is 18.6 Å². The largest absolute Gasteiger partial charge is 0.435 e. The second-order valence-electron chi connectivity index (χ2n) is 12.6. The van der Waals surface area contributed by atoms with Gasteiger partial charge in [-0.2, -0.15) is 18.3 Å². The Kier molecular flexibility index (Phi) is 7.48. The highest BCUT2D eigenvalue weighted by molar-refractivity contribution is 6.34. The number of urea groups is 1. The number of piperidine rings is 1. The molecule has 13 nitrogen and oxygen atoms in total. The lowest BCUT2D eigenvalue weighted by Gasteiger charge is -2.32. The average molecular weight is 698 g/mol. The lowest BCUT2D eigenvalue weighted by Crippen LogP contribution is -2.52. The minimum atomic E-state index is -4.95. The number of primary amides is 1. The first kappa shape index (κ1) is 32.3. The molecule has 5 atom stereocenters. The number of hydrogen-bond donors (Lipinski definition) is 4.